The fourth-order valence-electron chi connectivity index (χ4n) is 1.04. The summed E-state index contributed by atoms with van der Waals surface area (Å²) in [6.07, 6.45) is 4.82. The average molecular weight is 210 g/mol. The Morgan fingerprint density at radius 3 is 2.93 bits per heavy atom. The Hall–Kier alpha value is -1.46. The van der Waals surface area contributed by atoms with Gasteiger partial charge in [0, 0.05) is 6.54 Å². The fraction of sp³-hybridized carbons (Fsp3) is 0.125. The molecule has 2 N–H and O–H groups in total. The van der Waals surface area contributed by atoms with Crippen LogP contribution in [0.15, 0.2) is 24.7 Å². The van der Waals surface area contributed by atoms with Crippen LogP contribution in [0, 0.1) is 0 Å². The third-order valence-electron chi connectivity index (χ3n) is 1.72. The van der Waals surface area contributed by atoms with E-state index in [0.29, 0.717) is 17.4 Å². The molecule has 2 aromatic rings. The maximum absolute atomic E-state index is 5.73. The van der Waals surface area contributed by atoms with Gasteiger partial charge in [-0.25, -0.2) is 4.68 Å². The van der Waals surface area contributed by atoms with Gasteiger partial charge in [0.25, 0.3) is 0 Å². The third kappa shape index (κ3) is 1.73. The van der Waals surface area contributed by atoms with E-state index in [1.165, 1.54) is 0 Å². The number of nitrogens with two attached hydrogens (primary N) is 1. The molecule has 2 aromatic heterocycles. The molecule has 0 bridgehead atoms. The Labute approximate surface area is 85.5 Å². The molecule has 5 nitrogen and oxygen atoms in total. The van der Waals surface area contributed by atoms with Crippen LogP contribution in [0.2, 0.25) is 5.02 Å². The van der Waals surface area contributed by atoms with Crippen LogP contribution in [0.5, 0.6) is 0 Å². The monoisotopic (exact) mass is 209 g/mol. The van der Waals surface area contributed by atoms with Gasteiger partial charge >= 0.3 is 0 Å². The Morgan fingerprint density at radius 2 is 2.29 bits per heavy atom. The minimum Gasteiger partial charge on any atom is -0.326 e. The van der Waals surface area contributed by atoms with Crippen molar-refractivity contribution in [2.45, 2.75) is 6.54 Å². The predicted molar refractivity (Wildman–Crippen MR) is 52.1 cm³/mol. The van der Waals surface area contributed by atoms with Crippen LogP contribution >= 0.6 is 11.6 Å². The first-order valence-electron chi connectivity index (χ1n) is 4.02. The lowest BCUT2D eigenvalue weighted by Gasteiger charge is -2.00. The van der Waals surface area contributed by atoms with Gasteiger partial charge in [-0.15, -0.1) is 5.10 Å². The van der Waals surface area contributed by atoms with Gasteiger partial charge in [-0.2, -0.15) is 10.2 Å². The van der Waals surface area contributed by atoms with Crippen molar-refractivity contribution in [2.24, 2.45) is 5.73 Å². The molecule has 0 radical (unpaired) electrons. The summed E-state index contributed by atoms with van der Waals surface area (Å²) in [5, 5.41) is 12.3. The molecular weight excluding hydrogens is 202 g/mol. The lowest BCUT2D eigenvalue weighted by molar-refractivity contribution is 0.805. The zero-order valence-electron chi connectivity index (χ0n) is 7.26. The Kier molecular flexibility index (Phi) is 2.43. The van der Waals surface area contributed by atoms with E-state index < -0.39 is 0 Å². The van der Waals surface area contributed by atoms with E-state index in [0.717, 1.165) is 5.56 Å². The fourth-order valence-corrected chi connectivity index (χ4v) is 1.18. The quantitative estimate of drug-likeness (QED) is 0.794. The molecule has 0 unspecified atom stereocenters. The van der Waals surface area contributed by atoms with E-state index in [1.807, 2.05) is 6.07 Å². The Bertz CT molecular complexity index is 439. The standard InChI is InChI=1S/C8H8ClN5/c9-7-4-12-14(5-7)8-1-6(2-10)3-11-13-8/h1,3-5H,2,10H2. The van der Waals surface area contributed by atoms with Crippen molar-refractivity contribution < 1.29 is 0 Å². The maximum atomic E-state index is 5.73. The minimum atomic E-state index is 0.428. The zero-order chi connectivity index (χ0) is 9.97. The highest BCUT2D eigenvalue weighted by atomic mass is 35.5. The number of rotatable bonds is 2. The molecule has 0 aromatic carbocycles. The summed E-state index contributed by atoms with van der Waals surface area (Å²) in [5.74, 6) is 0.611. The van der Waals surface area contributed by atoms with Crippen LogP contribution in [0.3, 0.4) is 0 Å². The molecule has 6 heteroatoms. The molecule has 2 heterocycles. The molecule has 0 aliphatic heterocycles. The van der Waals surface area contributed by atoms with Crippen molar-refractivity contribution in [1.29, 1.82) is 0 Å². The molecule has 0 aliphatic carbocycles. The van der Waals surface area contributed by atoms with Crippen LogP contribution < -0.4 is 5.73 Å². The first-order chi connectivity index (χ1) is 6.79. The van der Waals surface area contributed by atoms with E-state index in [1.54, 1.807) is 23.3 Å². The lowest BCUT2D eigenvalue weighted by atomic mass is 10.3. The van der Waals surface area contributed by atoms with Crippen molar-refractivity contribution in [2.75, 3.05) is 0 Å². The van der Waals surface area contributed by atoms with E-state index in [2.05, 4.69) is 15.3 Å². The van der Waals surface area contributed by atoms with Crippen molar-refractivity contribution in [3.8, 4) is 5.82 Å². The highest BCUT2D eigenvalue weighted by molar-refractivity contribution is 6.30. The van der Waals surface area contributed by atoms with Gasteiger partial charge in [0.15, 0.2) is 5.82 Å². The van der Waals surface area contributed by atoms with Crippen molar-refractivity contribution >= 4 is 11.6 Å². The number of halogens is 1. The van der Waals surface area contributed by atoms with Gasteiger partial charge in [0.1, 0.15) is 0 Å². The van der Waals surface area contributed by atoms with Gasteiger partial charge in [-0.1, -0.05) is 11.6 Å². The maximum Gasteiger partial charge on any atom is 0.176 e. The molecule has 0 spiro atoms. The number of hydrogen-bond acceptors (Lipinski definition) is 4. The summed E-state index contributed by atoms with van der Waals surface area (Å²) >= 11 is 5.73. The Balaban J connectivity index is 2.41. The summed E-state index contributed by atoms with van der Waals surface area (Å²) in [7, 11) is 0. The van der Waals surface area contributed by atoms with E-state index in [9.17, 15) is 0 Å². The topological polar surface area (TPSA) is 69.6 Å². The lowest BCUT2D eigenvalue weighted by Crippen LogP contribution is -2.03. The van der Waals surface area contributed by atoms with E-state index >= 15 is 0 Å². The molecular formula is C8H8ClN5. The minimum absolute atomic E-state index is 0.428. The first kappa shape index (κ1) is 9.11. The van der Waals surface area contributed by atoms with Gasteiger partial charge in [-0.05, 0) is 11.6 Å². The van der Waals surface area contributed by atoms with Crippen LogP contribution in [0.4, 0.5) is 0 Å². The van der Waals surface area contributed by atoms with Crippen molar-refractivity contribution in [3.63, 3.8) is 0 Å². The summed E-state index contributed by atoms with van der Waals surface area (Å²) in [5.41, 5.74) is 6.38. The zero-order valence-corrected chi connectivity index (χ0v) is 8.02. The largest absolute Gasteiger partial charge is 0.326 e. The average Bonchev–Trinajstić information content (AvgIpc) is 2.65. The summed E-state index contributed by atoms with van der Waals surface area (Å²) in [6.45, 7) is 0.428. The van der Waals surface area contributed by atoms with Crippen molar-refractivity contribution in [3.05, 3.63) is 35.2 Å². The smallest absolute Gasteiger partial charge is 0.176 e. The first-order valence-corrected chi connectivity index (χ1v) is 4.39. The highest BCUT2D eigenvalue weighted by Gasteiger charge is 2.01. The normalized spacial score (nSPS) is 10.4. The van der Waals surface area contributed by atoms with E-state index in [4.69, 9.17) is 17.3 Å². The number of hydrogen-bond donors (Lipinski definition) is 1. The molecule has 0 atom stereocenters. The molecule has 0 amide bonds. The molecule has 0 fully saturated rings. The Morgan fingerprint density at radius 1 is 1.43 bits per heavy atom. The molecule has 0 saturated carbocycles. The number of nitrogens with zero attached hydrogens (tertiary/aromatic N) is 4. The number of aromatic nitrogens is 4. The van der Waals surface area contributed by atoms with Gasteiger partial charge in [0.2, 0.25) is 0 Å². The summed E-state index contributed by atoms with van der Waals surface area (Å²) in [6, 6.07) is 1.82. The van der Waals surface area contributed by atoms with Crippen LogP contribution in [-0.4, -0.2) is 20.0 Å². The second-order valence-electron chi connectivity index (χ2n) is 2.73. The molecule has 2 rings (SSSR count). The highest BCUT2D eigenvalue weighted by Crippen LogP contribution is 2.09. The van der Waals surface area contributed by atoms with Crippen LogP contribution in [-0.2, 0) is 6.54 Å². The molecule has 72 valence electrons. The molecule has 0 aliphatic rings. The molecule has 0 saturated heterocycles. The van der Waals surface area contributed by atoms with Gasteiger partial charge < -0.3 is 5.73 Å². The van der Waals surface area contributed by atoms with Gasteiger partial charge in [0.05, 0.1) is 23.6 Å². The van der Waals surface area contributed by atoms with E-state index in [-0.39, 0.29) is 0 Å². The second-order valence-corrected chi connectivity index (χ2v) is 3.17. The van der Waals surface area contributed by atoms with Crippen LogP contribution in [0.25, 0.3) is 5.82 Å². The SMILES string of the molecule is NCc1cnnc(-n2cc(Cl)cn2)c1. The molecule has 14 heavy (non-hydrogen) atoms. The van der Waals surface area contributed by atoms with Crippen molar-refractivity contribution in [1.82, 2.24) is 20.0 Å². The van der Waals surface area contributed by atoms with Crippen LogP contribution in [0.1, 0.15) is 5.56 Å². The predicted octanol–water partition coefficient (Wildman–Crippen LogP) is 0.774. The summed E-state index contributed by atoms with van der Waals surface area (Å²) in [4.78, 5) is 0. The summed E-state index contributed by atoms with van der Waals surface area (Å²) < 4.78 is 1.55. The van der Waals surface area contributed by atoms with Gasteiger partial charge in [-0.3, -0.25) is 0 Å². The third-order valence-corrected chi connectivity index (χ3v) is 1.91. The second kappa shape index (κ2) is 3.73.